The van der Waals surface area contributed by atoms with Crippen LogP contribution in [0.1, 0.15) is 0 Å². The van der Waals surface area contributed by atoms with Crippen LogP contribution in [-0.2, 0) is 0 Å². The summed E-state index contributed by atoms with van der Waals surface area (Å²) < 4.78 is 0.890. The van der Waals surface area contributed by atoms with Crippen LogP contribution in [0, 0.1) is 3.14 Å². The maximum Gasteiger partial charge on any atom is 0.154 e. The summed E-state index contributed by atoms with van der Waals surface area (Å²) in [6.07, 6.45) is 3.36. The molecule has 0 N–H and O–H groups in total. The van der Waals surface area contributed by atoms with Crippen molar-refractivity contribution >= 4 is 44.6 Å². The molecule has 0 amide bonds. The second-order valence-electron chi connectivity index (χ2n) is 1.62. The smallest absolute Gasteiger partial charge is 0.154 e. The fourth-order valence-corrected chi connectivity index (χ4v) is 2.82. The van der Waals surface area contributed by atoms with E-state index in [-0.39, 0.29) is 0 Å². The van der Waals surface area contributed by atoms with E-state index in [2.05, 4.69) is 9.97 Å². The van der Waals surface area contributed by atoms with Gasteiger partial charge in [-0.3, -0.25) is 0 Å². The van der Waals surface area contributed by atoms with Gasteiger partial charge in [-0.05, 0) is 0 Å². The summed E-state index contributed by atoms with van der Waals surface area (Å²) in [5.41, 5.74) is 0. The lowest BCUT2D eigenvalue weighted by atomic mass is 10.8. The van der Waals surface area contributed by atoms with Gasteiger partial charge in [-0.25, -0.2) is 9.97 Å². The molecular formula is C5H2N2S3. The largest absolute Gasteiger partial charge is 0.241 e. The van der Waals surface area contributed by atoms with E-state index < -0.39 is 0 Å². The first-order valence-corrected chi connectivity index (χ1v) is 4.61. The second kappa shape index (κ2) is 2.34. The molecule has 0 aliphatic heterocycles. The summed E-state index contributed by atoms with van der Waals surface area (Å²) in [6, 6.07) is 0. The minimum absolute atomic E-state index is 0.890. The van der Waals surface area contributed by atoms with Crippen molar-refractivity contribution in [3.05, 3.63) is 15.5 Å². The Kier molecular flexibility index (Phi) is 1.48. The van der Waals surface area contributed by atoms with Crippen molar-refractivity contribution in [2.45, 2.75) is 0 Å². The lowest BCUT2D eigenvalue weighted by Crippen LogP contribution is -1.70. The number of fused-ring (bicyclic) bond motifs is 1. The van der Waals surface area contributed by atoms with E-state index in [9.17, 15) is 0 Å². The molecule has 2 rings (SSSR count). The number of hydrogen-bond donors (Lipinski definition) is 0. The Hall–Kier alpha value is -0.390. The van der Waals surface area contributed by atoms with E-state index in [4.69, 9.17) is 12.2 Å². The molecule has 0 aliphatic carbocycles. The Labute approximate surface area is 70.2 Å². The standard InChI is InChI=1S/C5H2N2S3/c8-5-9-3-4(10-5)7-2-1-6-3/h1-2H. The predicted octanol–water partition coefficient (Wildman–Crippen LogP) is 2.48. The van der Waals surface area contributed by atoms with Gasteiger partial charge in [0, 0.05) is 12.4 Å². The minimum atomic E-state index is 0.890. The van der Waals surface area contributed by atoms with Crippen molar-refractivity contribution in [3.8, 4) is 0 Å². The monoisotopic (exact) mass is 186 g/mol. The van der Waals surface area contributed by atoms with Crippen LogP contribution in [0.4, 0.5) is 0 Å². The van der Waals surface area contributed by atoms with Gasteiger partial charge in [0.05, 0.1) is 0 Å². The molecule has 2 heterocycles. The van der Waals surface area contributed by atoms with Crippen LogP contribution >= 0.6 is 34.9 Å². The molecule has 0 aromatic carbocycles. The zero-order chi connectivity index (χ0) is 6.97. The summed E-state index contributed by atoms with van der Waals surface area (Å²) in [6.45, 7) is 0. The van der Waals surface area contributed by atoms with Crippen LogP contribution in [0.3, 0.4) is 0 Å². The molecule has 0 fully saturated rings. The number of hydrogen-bond acceptors (Lipinski definition) is 5. The van der Waals surface area contributed by atoms with E-state index in [0.29, 0.717) is 0 Å². The average Bonchev–Trinajstić information content (AvgIpc) is 2.27. The van der Waals surface area contributed by atoms with Crippen LogP contribution < -0.4 is 0 Å². The van der Waals surface area contributed by atoms with E-state index in [0.717, 1.165) is 12.8 Å². The Bertz CT molecular complexity index is 366. The third-order valence-electron chi connectivity index (χ3n) is 0.993. The van der Waals surface area contributed by atoms with Crippen LogP contribution in [0.25, 0.3) is 9.66 Å². The lowest BCUT2D eigenvalue weighted by Gasteiger charge is -1.79. The first-order valence-electron chi connectivity index (χ1n) is 2.57. The molecule has 0 spiro atoms. The highest BCUT2D eigenvalue weighted by Crippen LogP contribution is 2.22. The molecule has 10 heavy (non-hydrogen) atoms. The van der Waals surface area contributed by atoms with Crippen LogP contribution in [-0.4, -0.2) is 9.97 Å². The molecule has 2 aromatic heterocycles. The molecule has 2 nitrogen and oxygen atoms in total. The summed E-state index contributed by atoms with van der Waals surface area (Å²) in [4.78, 5) is 10.1. The third kappa shape index (κ3) is 0.960. The highest BCUT2D eigenvalue weighted by molar-refractivity contribution is 7.77. The van der Waals surface area contributed by atoms with Gasteiger partial charge in [-0.1, -0.05) is 34.9 Å². The first kappa shape index (κ1) is 6.33. The van der Waals surface area contributed by atoms with Crippen LogP contribution in [0.15, 0.2) is 12.4 Å². The summed E-state index contributed by atoms with van der Waals surface area (Å²) in [7, 11) is 0. The molecule has 0 bridgehead atoms. The Morgan fingerprint density at radius 1 is 1.10 bits per heavy atom. The van der Waals surface area contributed by atoms with Gasteiger partial charge in [0.15, 0.2) is 9.66 Å². The number of aromatic nitrogens is 2. The quantitative estimate of drug-likeness (QED) is 0.591. The molecule has 50 valence electrons. The molecule has 5 heteroatoms. The van der Waals surface area contributed by atoms with Crippen molar-refractivity contribution < 1.29 is 0 Å². The zero-order valence-corrected chi connectivity index (χ0v) is 7.22. The van der Waals surface area contributed by atoms with E-state index in [1.165, 1.54) is 22.7 Å². The highest BCUT2D eigenvalue weighted by atomic mass is 32.2. The van der Waals surface area contributed by atoms with Gasteiger partial charge >= 0.3 is 0 Å². The topological polar surface area (TPSA) is 25.8 Å². The van der Waals surface area contributed by atoms with Gasteiger partial charge in [0.25, 0.3) is 0 Å². The normalized spacial score (nSPS) is 10.4. The fourth-order valence-electron chi connectivity index (χ4n) is 0.631. The minimum Gasteiger partial charge on any atom is -0.241 e. The predicted molar refractivity (Wildman–Crippen MR) is 46.1 cm³/mol. The highest BCUT2D eigenvalue weighted by Gasteiger charge is 1.96. The van der Waals surface area contributed by atoms with Crippen LogP contribution in [0.2, 0.25) is 0 Å². The van der Waals surface area contributed by atoms with Gasteiger partial charge < -0.3 is 0 Å². The maximum absolute atomic E-state index is 4.97. The summed E-state index contributed by atoms with van der Waals surface area (Å²) >= 11 is 7.99. The van der Waals surface area contributed by atoms with Gasteiger partial charge in [-0.2, -0.15) is 0 Å². The Morgan fingerprint density at radius 3 is 2.10 bits per heavy atom. The third-order valence-corrected chi connectivity index (χ3v) is 3.44. The molecule has 0 saturated carbocycles. The average molecular weight is 186 g/mol. The van der Waals surface area contributed by atoms with Gasteiger partial charge in [0.2, 0.25) is 0 Å². The molecule has 0 unspecified atom stereocenters. The second-order valence-corrected chi connectivity index (χ2v) is 4.80. The van der Waals surface area contributed by atoms with Crippen molar-refractivity contribution in [2.75, 3.05) is 0 Å². The van der Waals surface area contributed by atoms with Crippen molar-refractivity contribution in [2.24, 2.45) is 0 Å². The number of rotatable bonds is 0. The SMILES string of the molecule is S=c1sc2nccnc2s1. The van der Waals surface area contributed by atoms with Gasteiger partial charge in [0.1, 0.15) is 3.14 Å². The van der Waals surface area contributed by atoms with Gasteiger partial charge in [-0.15, -0.1) is 0 Å². The van der Waals surface area contributed by atoms with Crippen molar-refractivity contribution in [3.63, 3.8) is 0 Å². The summed E-state index contributed by atoms with van der Waals surface area (Å²) in [5.74, 6) is 0. The molecule has 0 atom stereocenters. The first-order chi connectivity index (χ1) is 4.86. The molecule has 0 saturated heterocycles. The Morgan fingerprint density at radius 2 is 1.60 bits per heavy atom. The van der Waals surface area contributed by atoms with Crippen LogP contribution in [0.5, 0.6) is 0 Å². The van der Waals surface area contributed by atoms with Crippen molar-refractivity contribution in [1.29, 1.82) is 0 Å². The van der Waals surface area contributed by atoms with E-state index in [1.807, 2.05) is 0 Å². The van der Waals surface area contributed by atoms with Crippen molar-refractivity contribution in [1.82, 2.24) is 9.97 Å². The summed E-state index contributed by atoms with van der Waals surface area (Å²) in [5, 5.41) is 0. The number of nitrogens with zero attached hydrogens (tertiary/aromatic N) is 2. The van der Waals surface area contributed by atoms with E-state index >= 15 is 0 Å². The molecule has 0 radical (unpaired) electrons. The Balaban J connectivity index is 3.01. The lowest BCUT2D eigenvalue weighted by molar-refractivity contribution is 1.33. The van der Waals surface area contributed by atoms with E-state index in [1.54, 1.807) is 12.4 Å². The zero-order valence-electron chi connectivity index (χ0n) is 4.77. The maximum atomic E-state index is 4.97. The fraction of sp³-hybridized carbons (Fsp3) is 0. The molecular weight excluding hydrogens is 184 g/mol. The molecule has 2 aromatic rings. The molecule has 0 aliphatic rings.